The third-order valence-corrected chi connectivity index (χ3v) is 5.88. The first-order chi connectivity index (χ1) is 16.8. The van der Waals surface area contributed by atoms with E-state index in [2.05, 4.69) is 21.9 Å². The number of aromatic nitrogens is 3. The lowest BCUT2D eigenvalue weighted by Crippen LogP contribution is -2.48. The van der Waals surface area contributed by atoms with E-state index < -0.39 is 17.6 Å². The van der Waals surface area contributed by atoms with Gasteiger partial charge in [0.05, 0.1) is 18.9 Å². The molecule has 1 atom stereocenters. The normalized spacial score (nSPS) is 18.4. The second kappa shape index (κ2) is 8.87. The van der Waals surface area contributed by atoms with E-state index >= 15 is 0 Å². The molecule has 0 spiro atoms. The van der Waals surface area contributed by atoms with Crippen LogP contribution in [0.15, 0.2) is 48.5 Å². The fourth-order valence-corrected chi connectivity index (χ4v) is 3.91. The van der Waals surface area contributed by atoms with Crippen LogP contribution in [0.2, 0.25) is 0 Å². The number of nitrogens with two attached hydrogens (primary N) is 1. The lowest BCUT2D eigenvalue weighted by Gasteiger charge is -2.30. The standard InChI is InChI=1S/C25H23N5O5/c1-29-18-8-7-17(9-10-25(33)14-34-15-25)11-20(18)35-13-19(24(29)32)30-21(27-23(28-30)22(26)31)12-16-5-3-2-4-6-16/h2-8,11,19,33H,12-15H2,1H3,(H2,26,31)/t19-/m0/s1. The van der Waals surface area contributed by atoms with Gasteiger partial charge in [-0.1, -0.05) is 42.2 Å². The van der Waals surface area contributed by atoms with Gasteiger partial charge in [-0.05, 0) is 23.8 Å². The molecule has 3 N–H and O–H groups in total. The third-order valence-electron chi connectivity index (χ3n) is 5.88. The zero-order chi connectivity index (χ0) is 24.6. The van der Waals surface area contributed by atoms with E-state index in [1.165, 1.54) is 9.58 Å². The Morgan fingerprint density at radius 2 is 2.03 bits per heavy atom. The first-order valence-corrected chi connectivity index (χ1v) is 11.0. The molecule has 2 aromatic carbocycles. The van der Waals surface area contributed by atoms with E-state index in [1.807, 2.05) is 30.3 Å². The molecule has 3 aromatic rings. The number of primary amides is 1. The molecule has 0 radical (unpaired) electrons. The maximum Gasteiger partial charge on any atom is 0.288 e. The molecule has 2 amide bonds. The van der Waals surface area contributed by atoms with Crippen LogP contribution < -0.4 is 15.4 Å². The summed E-state index contributed by atoms with van der Waals surface area (Å²) < 4.78 is 12.5. The molecule has 0 saturated carbocycles. The summed E-state index contributed by atoms with van der Waals surface area (Å²) in [4.78, 5) is 31.0. The van der Waals surface area contributed by atoms with Crippen LogP contribution in [0.3, 0.4) is 0 Å². The second-order valence-electron chi connectivity index (χ2n) is 8.50. The molecule has 1 saturated heterocycles. The van der Waals surface area contributed by atoms with Crippen molar-refractivity contribution in [1.29, 1.82) is 0 Å². The fourth-order valence-electron chi connectivity index (χ4n) is 3.91. The Bertz CT molecular complexity index is 1350. The fraction of sp³-hybridized carbons (Fsp3) is 0.280. The Morgan fingerprint density at radius 3 is 2.71 bits per heavy atom. The van der Waals surface area contributed by atoms with E-state index in [0.29, 0.717) is 29.2 Å². The zero-order valence-corrected chi connectivity index (χ0v) is 19.0. The van der Waals surface area contributed by atoms with Crippen molar-refractivity contribution in [2.75, 3.05) is 31.8 Å². The average Bonchev–Trinajstić information content (AvgIpc) is 3.20. The van der Waals surface area contributed by atoms with Crippen LogP contribution in [0.4, 0.5) is 5.69 Å². The number of anilines is 1. The summed E-state index contributed by atoms with van der Waals surface area (Å²) in [7, 11) is 1.64. The Morgan fingerprint density at radius 1 is 1.26 bits per heavy atom. The van der Waals surface area contributed by atoms with Gasteiger partial charge in [-0.2, -0.15) is 0 Å². The van der Waals surface area contributed by atoms with Gasteiger partial charge in [-0.15, -0.1) is 5.10 Å². The number of nitrogens with zero attached hydrogens (tertiary/aromatic N) is 4. The van der Waals surface area contributed by atoms with Gasteiger partial charge in [0.2, 0.25) is 5.82 Å². The van der Waals surface area contributed by atoms with Crippen molar-refractivity contribution in [2.45, 2.75) is 18.1 Å². The van der Waals surface area contributed by atoms with Crippen molar-refractivity contribution in [3.63, 3.8) is 0 Å². The first-order valence-electron chi connectivity index (χ1n) is 11.0. The SMILES string of the molecule is CN1C(=O)[C@@H](n2nc(C(N)=O)nc2Cc2ccccc2)COc2cc(C#CC3(O)COC3)ccc21. The van der Waals surface area contributed by atoms with E-state index in [-0.39, 0.29) is 31.6 Å². The lowest BCUT2D eigenvalue weighted by molar-refractivity contribution is -0.140. The van der Waals surface area contributed by atoms with E-state index in [9.17, 15) is 14.7 Å². The minimum absolute atomic E-state index is 0.0335. The van der Waals surface area contributed by atoms with Crippen LogP contribution in [-0.4, -0.2) is 64.2 Å². The molecule has 5 rings (SSSR count). The molecular formula is C25H23N5O5. The number of hydrogen-bond donors (Lipinski definition) is 2. The number of carbonyl (C=O) groups excluding carboxylic acids is 2. The average molecular weight is 473 g/mol. The van der Waals surface area contributed by atoms with E-state index in [4.69, 9.17) is 15.2 Å². The maximum absolute atomic E-state index is 13.4. The number of ether oxygens (including phenoxy) is 2. The molecular weight excluding hydrogens is 450 g/mol. The Balaban J connectivity index is 1.46. The molecule has 0 bridgehead atoms. The van der Waals surface area contributed by atoms with E-state index in [1.54, 1.807) is 25.2 Å². The lowest BCUT2D eigenvalue weighted by atomic mass is 10.0. The van der Waals surface area contributed by atoms with Gasteiger partial charge in [0.25, 0.3) is 11.8 Å². The molecule has 3 heterocycles. The molecule has 0 unspecified atom stereocenters. The maximum atomic E-state index is 13.4. The summed E-state index contributed by atoms with van der Waals surface area (Å²) in [6.07, 6.45) is 0.355. The molecule has 0 aliphatic carbocycles. The highest BCUT2D eigenvalue weighted by atomic mass is 16.5. The number of hydrogen-bond acceptors (Lipinski definition) is 7. The molecule has 1 fully saturated rings. The number of rotatable bonds is 4. The number of fused-ring (bicyclic) bond motifs is 1. The molecule has 10 nitrogen and oxygen atoms in total. The van der Waals surface area contributed by atoms with Crippen molar-refractivity contribution >= 4 is 17.5 Å². The first kappa shape index (κ1) is 22.6. The summed E-state index contributed by atoms with van der Waals surface area (Å²) in [5, 5.41) is 14.4. The Kier molecular flexibility index (Phi) is 5.72. The molecule has 2 aliphatic heterocycles. The molecule has 178 valence electrons. The Labute approximate surface area is 201 Å². The monoisotopic (exact) mass is 473 g/mol. The number of carbonyl (C=O) groups is 2. The van der Waals surface area contributed by atoms with Gasteiger partial charge in [0.15, 0.2) is 11.6 Å². The van der Waals surface area contributed by atoms with Crippen LogP contribution in [0.25, 0.3) is 0 Å². The van der Waals surface area contributed by atoms with Crippen molar-refractivity contribution in [3.05, 3.63) is 71.3 Å². The highest BCUT2D eigenvalue weighted by Crippen LogP contribution is 2.34. The largest absolute Gasteiger partial charge is 0.489 e. The highest BCUT2D eigenvalue weighted by Gasteiger charge is 2.35. The predicted octanol–water partition coefficient (Wildman–Crippen LogP) is 0.677. The van der Waals surface area contributed by atoms with Gasteiger partial charge < -0.3 is 25.2 Å². The summed E-state index contributed by atoms with van der Waals surface area (Å²) in [5.41, 5.74) is 6.43. The second-order valence-corrected chi connectivity index (χ2v) is 8.50. The van der Waals surface area contributed by atoms with Crippen molar-refractivity contribution in [1.82, 2.24) is 14.8 Å². The molecule has 2 aliphatic rings. The zero-order valence-electron chi connectivity index (χ0n) is 19.0. The van der Waals surface area contributed by atoms with Crippen LogP contribution in [0, 0.1) is 11.8 Å². The Hall–Kier alpha value is -4.20. The molecule has 10 heteroatoms. The number of aliphatic hydroxyl groups is 1. The van der Waals surface area contributed by atoms with Gasteiger partial charge in [0.1, 0.15) is 18.2 Å². The van der Waals surface area contributed by atoms with Crippen molar-refractivity contribution in [3.8, 4) is 17.6 Å². The smallest absolute Gasteiger partial charge is 0.288 e. The van der Waals surface area contributed by atoms with Crippen molar-refractivity contribution < 1.29 is 24.2 Å². The van der Waals surface area contributed by atoms with Crippen LogP contribution in [-0.2, 0) is 16.0 Å². The van der Waals surface area contributed by atoms with Crippen LogP contribution >= 0.6 is 0 Å². The number of likely N-dealkylation sites (N-methyl/N-ethyl adjacent to an activating group) is 1. The minimum atomic E-state index is -1.13. The van der Waals surface area contributed by atoms with Crippen LogP contribution in [0.5, 0.6) is 5.75 Å². The van der Waals surface area contributed by atoms with E-state index in [0.717, 1.165) is 5.56 Å². The van der Waals surface area contributed by atoms with Gasteiger partial charge in [-0.3, -0.25) is 9.59 Å². The highest BCUT2D eigenvalue weighted by molar-refractivity contribution is 5.98. The summed E-state index contributed by atoms with van der Waals surface area (Å²) in [5.74, 6) is 5.42. The van der Waals surface area contributed by atoms with Gasteiger partial charge >= 0.3 is 0 Å². The summed E-state index contributed by atoms with van der Waals surface area (Å²) >= 11 is 0. The number of amides is 2. The number of benzene rings is 2. The van der Waals surface area contributed by atoms with Gasteiger partial charge in [0, 0.05) is 19.0 Å². The van der Waals surface area contributed by atoms with Gasteiger partial charge in [-0.25, -0.2) is 9.67 Å². The minimum Gasteiger partial charge on any atom is -0.489 e. The van der Waals surface area contributed by atoms with Crippen LogP contribution in [0.1, 0.15) is 33.6 Å². The topological polar surface area (TPSA) is 133 Å². The predicted molar refractivity (Wildman–Crippen MR) is 125 cm³/mol. The summed E-state index contributed by atoms with van der Waals surface area (Å²) in [6, 6.07) is 13.9. The summed E-state index contributed by atoms with van der Waals surface area (Å²) in [6.45, 7) is 0.321. The third kappa shape index (κ3) is 4.47. The quantitative estimate of drug-likeness (QED) is 0.533. The molecule has 1 aromatic heterocycles. The molecule has 35 heavy (non-hydrogen) atoms. The van der Waals surface area contributed by atoms with Crippen molar-refractivity contribution in [2.24, 2.45) is 5.73 Å².